The van der Waals surface area contributed by atoms with E-state index in [1.807, 2.05) is 4.90 Å². The van der Waals surface area contributed by atoms with Crippen molar-refractivity contribution in [1.29, 1.82) is 0 Å². The monoisotopic (exact) mass is 361 g/mol. The minimum absolute atomic E-state index is 0.0181. The lowest BCUT2D eigenvalue weighted by Gasteiger charge is -2.23. The molecule has 0 heterocycles. The molecule has 0 aromatic heterocycles. The SMILES string of the molecule is CCN(O)C1=CC(=O)C(=Nc2ccc(N(CCO)CCO)cc2)CC1=O. The number of aliphatic imine (C=N–C) groups is 1. The first-order valence-corrected chi connectivity index (χ1v) is 8.40. The van der Waals surface area contributed by atoms with Gasteiger partial charge < -0.3 is 15.1 Å². The fourth-order valence-electron chi connectivity index (χ4n) is 2.61. The van der Waals surface area contributed by atoms with Crippen molar-refractivity contribution >= 4 is 28.7 Å². The van der Waals surface area contributed by atoms with Gasteiger partial charge in [-0.2, -0.15) is 0 Å². The summed E-state index contributed by atoms with van der Waals surface area (Å²) in [5, 5.41) is 28.6. The molecule has 0 radical (unpaired) electrons. The molecule has 1 aliphatic rings. The molecule has 0 amide bonds. The summed E-state index contributed by atoms with van der Waals surface area (Å²) >= 11 is 0. The number of aliphatic hydroxyl groups is 2. The summed E-state index contributed by atoms with van der Waals surface area (Å²) in [4.78, 5) is 30.3. The topological polar surface area (TPSA) is 114 Å². The number of hydrogen-bond donors (Lipinski definition) is 3. The molecule has 0 fully saturated rings. The first-order chi connectivity index (χ1) is 12.5. The first kappa shape index (κ1) is 19.8. The van der Waals surface area contributed by atoms with Gasteiger partial charge in [0.1, 0.15) is 5.70 Å². The summed E-state index contributed by atoms with van der Waals surface area (Å²) in [5.41, 5.74) is 1.43. The largest absolute Gasteiger partial charge is 0.395 e. The lowest BCUT2D eigenvalue weighted by atomic mass is 9.99. The fourth-order valence-corrected chi connectivity index (χ4v) is 2.61. The minimum atomic E-state index is -0.404. The third kappa shape index (κ3) is 4.75. The molecule has 0 aliphatic heterocycles. The van der Waals surface area contributed by atoms with Gasteiger partial charge in [-0.3, -0.25) is 19.9 Å². The van der Waals surface area contributed by atoms with Crippen molar-refractivity contribution in [3.05, 3.63) is 36.0 Å². The van der Waals surface area contributed by atoms with Crippen molar-refractivity contribution < 1.29 is 25.0 Å². The number of carbonyl (C=O) groups excluding carboxylic acids is 2. The highest BCUT2D eigenvalue weighted by Gasteiger charge is 2.27. The molecule has 26 heavy (non-hydrogen) atoms. The minimum Gasteiger partial charge on any atom is -0.395 e. The van der Waals surface area contributed by atoms with Gasteiger partial charge in [0.25, 0.3) is 0 Å². The average molecular weight is 361 g/mol. The van der Waals surface area contributed by atoms with Crippen molar-refractivity contribution in [2.45, 2.75) is 13.3 Å². The van der Waals surface area contributed by atoms with E-state index in [1.165, 1.54) is 0 Å². The molecule has 0 saturated heterocycles. The fraction of sp³-hybridized carbons (Fsp3) is 0.389. The molecule has 0 spiro atoms. The number of allylic oxidation sites excluding steroid dienone is 2. The number of anilines is 1. The van der Waals surface area contributed by atoms with Gasteiger partial charge in [-0.1, -0.05) is 0 Å². The maximum Gasteiger partial charge on any atom is 0.202 e. The van der Waals surface area contributed by atoms with Crippen molar-refractivity contribution in [1.82, 2.24) is 5.06 Å². The average Bonchev–Trinajstić information content (AvgIpc) is 2.64. The van der Waals surface area contributed by atoms with Gasteiger partial charge in [-0.15, -0.1) is 0 Å². The van der Waals surface area contributed by atoms with E-state index in [0.717, 1.165) is 16.8 Å². The molecular weight excluding hydrogens is 338 g/mol. The molecule has 140 valence electrons. The predicted molar refractivity (Wildman–Crippen MR) is 96.8 cm³/mol. The highest BCUT2D eigenvalue weighted by molar-refractivity contribution is 6.50. The summed E-state index contributed by atoms with van der Waals surface area (Å²) < 4.78 is 0. The molecule has 0 unspecified atom stereocenters. The van der Waals surface area contributed by atoms with Crippen LogP contribution in [0.2, 0.25) is 0 Å². The Labute approximate surface area is 151 Å². The number of Topliss-reactive ketones (excluding diaryl/α,β-unsaturated/α-hetero) is 1. The number of hydroxylamine groups is 2. The number of aliphatic hydroxyl groups excluding tert-OH is 2. The van der Waals surface area contributed by atoms with Crippen LogP contribution in [0.3, 0.4) is 0 Å². The van der Waals surface area contributed by atoms with Crippen LogP contribution >= 0.6 is 0 Å². The van der Waals surface area contributed by atoms with Crippen molar-refractivity contribution in [3.63, 3.8) is 0 Å². The van der Waals surface area contributed by atoms with Crippen molar-refractivity contribution in [3.8, 4) is 0 Å². The smallest absolute Gasteiger partial charge is 0.202 e. The van der Waals surface area contributed by atoms with Crippen LogP contribution < -0.4 is 4.90 Å². The molecule has 0 atom stereocenters. The van der Waals surface area contributed by atoms with Gasteiger partial charge in [-0.05, 0) is 31.2 Å². The van der Waals surface area contributed by atoms with E-state index in [4.69, 9.17) is 10.2 Å². The van der Waals surface area contributed by atoms with Gasteiger partial charge in [-0.25, -0.2) is 4.99 Å². The Morgan fingerprint density at radius 1 is 1.08 bits per heavy atom. The molecule has 1 aromatic rings. The van der Waals surface area contributed by atoms with Gasteiger partial charge >= 0.3 is 0 Å². The van der Waals surface area contributed by atoms with Gasteiger partial charge in [0.2, 0.25) is 5.78 Å². The van der Waals surface area contributed by atoms with Gasteiger partial charge in [0.15, 0.2) is 5.78 Å². The van der Waals surface area contributed by atoms with E-state index in [1.54, 1.807) is 31.2 Å². The zero-order valence-corrected chi connectivity index (χ0v) is 14.6. The van der Waals surface area contributed by atoms with Crippen LogP contribution in [-0.4, -0.2) is 70.6 Å². The zero-order valence-electron chi connectivity index (χ0n) is 14.6. The summed E-state index contributed by atoms with van der Waals surface area (Å²) in [6.45, 7) is 2.59. The second kappa shape index (κ2) is 9.23. The third-order valence-corrected chi connectivity index (χ3v) is 3.96. The second-order valence-electron chi connectivity index (χ2n) is 5.72. The molecule has 1 aliphatic carbocycles. The summed E-state index contributed by atoms with van der Waals surface area (Å²) in [6, 6.07) is 6.94. The number of rotatable bonds is 8. The van der Waals surface area contributed by atoms with Crippen LogP contribution in [0.1, 0.15) is 13.3 Å². The molecule has 0 bridgehead atoms. The summed E-state index contributed by atoms with van der Waals surface area (Å²) in [5.74, 6) is -0.764. The number of carbonyl (C=O) groups is 2. The number of likely N-dealkylation sites (N-methyl/N-ethyl adjacent to an activating group) is 1. The highest BCUT2D eigenvalue weighted by Crippen LogP contribution is 2.22. The maximum atomic E-state index is 12.2. The van der Waals surface area contributed by atoms with Crippen LogP contribution in [0.15, 0.2) is 41.0 Å². The third-order valence-electron chi connectivity index (χ3n) is 3.96. The van der Waals surface area contributed by atoms with Crippen LogP contribution in [0.5, 0.6) is 0 Å². The van der Waals surface area contributed by atoms with E-state index in [-0.39, 0.29) is 43.4 Å². The Kier molecular flexibility index (Phi) is 7.02. The predicted octanol–water partition coefficient (Wildman–Crippen LogP) is 0.687. The van der Waals surface area contributed by atoms with Gasteiger partial charge in [0.05, 0.1) is 31.0 Å². The van der Waals surface area contributed by atoms with Crippen LogP contribution in [0, 0.1) is 0 Å². The normalized spacial score (nSPS) is 16.0. The van der Waals surface area contributed by atoms with E-state index in [9.17, 15) is 14.8 Å². The lowest BCUT2D eigenvalue weighted by Crippen LogP contribution is -2.32. The highest BCUT2D eigenvalue weighted by atomic mass is 16.5. The van der Waals surface area contributed by atoms with E-state index >= 15 is 0 Å². The summed E-state index contributed by atoms with van der Waals surface area (Å²) in [6.07, 6.45) is 0.942. The maximum absolute atomic E-state index is 12.2. The Morgan fingerprint density at radius 3 is 2.23 bits per heavy atom. The number of ketones is 2. The zero-order chi connectivity index (χ0) is 19.1. The molecule has 1 aromatic carbocycles. The molecule has 8 nitrogen and oxygen atoms in total. The van der Waals surface area contributed by atoms with Crippen molar-refractivity contribution in [2.24, 2.45) is 4.99 Å². The van der Waals surface area contributed by atoms with Crippen molar-refractivity contribution in [2.75, 3.05) is 37.7 Å². The molecular formula is C18H23N3O5. The van der Waals surface area contributed by atoms with E-state index in [2.05, 4.69) is 4.99 Å². The molecule has 3 N–H and O–H groups in total. The van der Waals surface area contributed by atoms with Crippen LogP contribution in [0.4, 0.5) is 11.4 Å². The van der Waals surface area contributed by atoms with E-state index < -0.39 is 5.78 Å². The second-order valence-corrected chi connectivity index (χ2v) is 5.72. The number of nitrogens with zero attached hydrogens (tertiary/aromatic N) is 3. The number of hydrogen-bond acceptors (Lipinski definition) is 8. The Bertz CT molecular complexity index is 706. The molecule has 8 heteroatoms. The first-order valence-electron chi connectivity index (χ1n) is 8.40. The quantitative estimate of drug-likeness (QED) is 0.584. The Morgan fingerprint density at radius 2 is 1.69 bits per heavy atom. The lowest BCUT2D eigenvalue weighted by molar-refractivity contribution is -0.125. The standard InChI is InChI=1S/C18H23N3O5/c1-2-21(26)16-12-17(24)15(11-18(16)25)19-13-3-5-14(6-4-13)20(7-9-22)8-10-23/h3-6,12,22-23,26H,2,7-11H2,1H3. The molecule has 0 saturated carbocycles. The number of benzene rings is 1. The van der Waals surface area contributed by atoms with Crippen LogP contribution in [0.25, 0.3) is 0 Å². The summed E-state index contributed by atoms with van der Waals surface area (Å²) in [7, 11) is 0. The Hall–Kier alpha value is -2.55. The van der Waals surface area contributed by atoms with Gasteiger partial charge in [0, 0.05) is 31.4 Å². The van der Waals surface area contributed by atoms with E-state index in [0.29, 0.717) is 18.8 Å². The molecule has 2 rings (SSSR count). The Balaban J connectivity index is 2.18. The van der Waals surface area contributed by atoms with Crippen LogP contribution in [-0.2, 0) is 9.59 Å².